The number of fused-ring (bicyclic) bond motifs is 7. The van der Waals surface area contributed by atoms with Gasteiger partial charge in [0.05, 0.1) is 39.0 Å². The van der Waals surface area contributed by atoms with Crippen molar-refractivity contribution in [2.45, 2.75) is 0 Å². The lowest BCUT2D eigenvalue weighted by Crippen LogP contribution is -1.94. The molecule has 0 atom stereocenters. The van der Waals surface area contributed by atoms with Crippen LogP contribution in [-0.2, 0) is 0 Å². The molecule has 5 aromatic heterocycles. The van der Waals surface area contributed by atoms with Crippen LogP contribution < -0.4 is 0 Å². The molecule has 0 saturated heterocycles. The zero-order chi connectivity index (χ0) is 39.6. The Balaban J connectivity index is 1.03. The van der Waals surface area contributed by atoms with Gasteiger partial charge in [0.1, 0.15) is 0 Å². The van der Waals surface area contributed by atoms with Crippen molar-refractivity contribution in [2.24, 2.45) is 0 Å². The van der Waals surface area contributed by atoms with Gasteiger partial charge in [-0.05, 0) is 114 Å². The molecule has 5 heterocycles. The molecule has 60 heavy (non-hydrogen) atoms. The first-order chi connectivity index (χ1) is 29.7. The van der Waals surface area contributed by atoms with Crippen LogP contribution in [-0.4, -0.2) is 24.1 Å². The Bertz CT molecular complexity index is 3570. The number of para-hydroxylation sites is 4. The van der Waals surface area contributed by atoms with Gasteiger partial charge in [0, 0.05) is 73.6 Å². The van der Waals surface area contributed by atoms with Crippen molar-refractivity contribution in [3.8, 4) is 56.1 Å². The van der Waals surface area contributed by atoms with Gasteiger partial charge in [-0.25, -0.2) is 4.98 Å². The van der Waals surface area contributed by atoms with E-state index in [0.29, 0.717) is 0 Å². The van der Waals surface area contributed by atoms with Crippen molar-refractivity contribution in [3.63, 3.8) is 0 Å². The second-order valence-electron chi connectivity index (χ2n) is 15.3. The maximum atomic E-state index is 5.37. The summed E-state index contributed by atoms with van der Waals surface area (Å²) < 4.78 is 4.71. The summed E-state index contributed by atoms with van der Waals surface area (Å²) >= 11 is 0. The molecule has 5 heteroatoms. The third-order valence-corrected chi connectivity index (χ3v) is 11.9. The van der Waals surface area contributed by atoms with Crippen LogP contribution in [0, 0.1) is 0 Å². The zero-order valence-electron chi connectivity index (χ0n) is 32.4. The van der Waals surface area contributed by atoms with Crippen molar-refractivity contribution >= 4 is 54.5 Å². The van der Waals surface area contributed by atoms with Gasteiger partial charge in [0.25, 0.3) is 0 Å². The molecule has 12 aromatic rings. The van der Waals surface area contributed by atoms with Crippen LogP contribution in [0.4, 0.5) is 0 Å². The molecule has 12 rings (SSSR count). The van der Waals surface area contributed by atoms with Gasteiger partial charge < -0.3 is 9.13 Å². The highest BCUT2D eigenvalue weighted by atomic mass is 15.0. The summed E-state index contributed by atoms with van der Waals surface area (Å²) in [6, 6.07) is 69.3. The van der Waals surface area contributed by atoms with Gasteiger partial charge in [0.2, 0.25) is 0 Å². The topological polar surface area (TPSA) is 48.5 Å². The Morgan fingerprint density at radius 3 is 1.47 bits per heavy atom. The number of pyridine rings is 3. The largest absolute Gasteiger partial charge is 0.309 e. The maximum absolute atomic E-state index is 5.37. The first kappa shape index (κ1) is 33.9. The number of nitrogens with zero attached hydrogens (tertiary/aromatic N) is 5. The summed E-state index contributed by atoms with van der Waals surface area (Å²) in [5.41, 5.74) is 16.3. The van der Waals surface area contributed by atoms with Crippen molar-refractivity contribution in [2.75, 3.05) is 0 Å². The van der Waals surface area contributed by atoms with Crippen molar-refractivity contribution in [1.82, 2.24) is 24.1 Å². The fraction of sp³-hybridized carbons (Fsp3) is 0. The van der Waals surface area contributed by atoms with Gasteiger partial charge in [-0.1, -0.05) is 97.1 Å². The van der Waals surface area contributed by atoms with E-state index >= 15 is 0 Å². The summed E-state index contributed by atoms with van der Waals surface area (Å²) in [6.07, 6.45) is 5.60. The minimum atomic E-state index is 0.906. The minimum Gasteiger partial charge on any atom is -0.309 e. The molecule has 5 nitrogen and oxygen atoms in total. The van der Waals surface area contributed by atoms with Crippen LogP contribution in [0.2, 0.25) is 0 Å². The Morgan fingerprint density at radius 1 is 0.333 bits per heavy atom. The highest BCUT2D eigenvalue weighted by Gasteiger charge is 2.18. The monoisotopic (exact) mass is 765 g/mol. The van der Waals surface area contributed by atoms with Crippen molar-refractivity contribution in [1.29, 1.82) is 0 Å². The van der Waals surface area contributed by atoms with E-state index in [1.54, 1.807) is 12.4 Å². The molecule has 280 valence electrons. The molecule has 0 N–H and O–H groups in total. The van der Waals surface area contributed by atoms with Crippen LogP contribution >= 0.6 is 0 Å². The van der Waals surface area contributed by atoms with E-state index in [1.165, 1.54) is 38.1 Å². The molecule has 0 saturated carbocycles. The van der Waals surface area contributed by atoms with Gasteiger partial charge in [-0.2, -0.15) is 0 Å². The van der Waals surface area contributed by atoms with Gasteiger partial charge in [0.15, 0.2) is 0 Å². The van der Waals surface area contributed by atoms with E-state index in [-0.39, 0.29) is 0 Å². The number of rotatable bonds is 6. The summed E-state index contributed by atoms with van der Waals surface area (Å²) in [7, 11) is 0. The fourth-order valence-corrected chi connectivity index (χ4v) is 9.03. The number of hydrogen-bond donors (Lipinski definition) is 0. The average molecular weight is 766 g/mol. The number of aromatic nitrogens is 5. The standard InChI is InChI=1S/C55H35N5/c1-3-11-41(12-4-1)59-52-17-9-7-15-43(52)47-32-38(21-25-54(47)59)37-19-24-50-46(31-37)45(40-20-23-49(57-35-40)36-27-29-56-30-28-36)34-51(58-50)39-22-26-55-48(33-39)44-16-8-10-18-53(44)60(55)42-13-5-2-6-14-42/h1-35H. The summed E-state index contributed by atoms with van der Waals surface area (Å²) in [5.74, 6) is 0. The van der Waals surface area contributed by atoms with Crippen molar-refractivity contribution in [3.05, 3.63) is 213 Å². The van der Waals surface area contributed by atoms with E-state index in [0.717, 1.165) is 72.6 Å². The molecule has 0 unspecified atom stereocenters. The van der Waals surface area contributed by atoms with E-state index in [4.69, 9.17) is 9.97 Å². The van der Waals surface area contributed by atoms with Crippen LogP contribution in [0.25, 0.3) is 111 Å². The molecule has 0 fully saturated rings. The number of hydrogen-bond acceptors (Lipinski definition) is 3. The molecule has 0 aliphatic heterocycles. The lowest BCUT2D eigenvalue weighted by Gasteiger charge is -2.13. The predicted molar refractivity (Wildman–Crippen MR) is 248 cm³/mol. The lowest BCUT2D eigenvalue weighted by molar-refractivity contribution is 1.18. The summed E-state index contributed by atoms with van der Waals surface area (Å²) in [6.45, 7) is 0. The molecule has 0 aliphatic rings. The molecule has 0 bridgehead atoms. The Morgan fingerprint density at radius 2 is 0.850 bits per heavy atom. The van der Waals surface area contributed by atoms with E-state index < -0.39 is 0 Å². The van der Waals surface area contributed by atoms with E-state index in [1.807, 2.05) is 18.3 Å². The zero-order valence-corrected chi connectivity index (χ0v) is 32.4. The molecule has 0 radical (unpaired) electrons. The second kappa shape index (κ2) is 13.8. The predicted octanol–water partition coefficient (Wildman–Crippen LogP) is 13.9. The minimum absolute atomic E-state index is 0.906. The average Bonchev–Trinajstić information content (AvgIpc) is 3.84. The van der Waals surface area contributed by atoms with Crippen molar-refractivity contribution < 1.29 is 0 Å². The SMILES string of the molecule is c1ccc(-n2c3ccccc3c3cc(-c4ccc5nc(-c6ccc7c(c6)c6ccccc6n7-c6ccccc6)cc(-c6ccc(-c7ccncc7)nc6)c5c4)ccc32)cc1. The molecule has 0 spiro atoms. The first-order valence-corrected chi connectivity index (χ1v) is 20.2. The van der Waals surface area contributed by atoms with Crippen LogP contribution in [0.15, 0.2) is 213 Å². The van der Waals surface area contributed by atoms with E-state index in [9.17, 15) is 0 Å². The lowest BCUT2D eigenvalue weighted by atomic mass is 9.95. The van der Waals surface area contributed by atoms with Crippen LogP contribution in [0.1, 0.15) is 0 Å². The van der Waals surface area contributed by atoms with Gasteiger partial charge in [-0.15, -0.1) is 0 Å². The van der Waals surface area contributed by atoms with Gasteiger partial charge >= 0.3 is 0 Å². The summed E-state index contributed by atoms with van der Waals surface area (Å²) in [5, 5.41) is 5.93. The van der Waals surface area contributed by atoms with Crippen LogP contribution in [0.3, 0.4) is 0 Å². The molecule has 0 amide bonds. The maximum Gasteiger partial charge on any atom is 0.0716 e. The third kappa shape index (κ3) is 5.52. The third-order valence-electron chi connectivity index (χ3n) is 11.9. The molecular weight excluding hydrogens is 731 g/mol. The normalized spacial score (nSPS) is 11.7. The quantitative estimate of drug-likeness (QED) is 0.169. The second-order valence-corrected chi connectivity index (χ2v) is 15.3. The Labute approximate surface area is 346 Å². The Hall–Kier alpha value is -8.15. The molecule has 7 aromatic carbocycles. The fourth-order valence-electron chi connectivity index (χ4n) is 9.03. The smallest absolute Gasteiger partial charge is 0.0716 e. The van der Waals surface area contributed by atoms with Gasteiger partial charge in [-0.3, -0.25) is 9.97 Å². The highest BCUT2D eigenvalue weighted by Crippen LogP contribution is 2.40. The molecule has 0 aliphatic carbocycles. The summed E-state index contributed by atoms with van der Waals surface area (Å²) in [4.78, 5) is 14.5. The first-order valence-electron chi connectivity index (χ1n) is 20.2. The van der Waals surface area contributed by atoms with Crippen LogP contribution in [0.5, 0.6) is 0 Å². The number of benzene rings is 7. The Kier molecular flexibility index (Phi) is 7.78. The molecular formula is C55H35N5. The highest BCUT2D eigenvalue weighted by molar-refractivity contribution is 6.12. The van der Waals surface area contributed by atoms with E-state index in [2.05, 4.69) is 196 Å².